The summed E-state index contributed by atoms with van der Waals surface area (Å²) < 4.78 is 5.61. The molecular weight excluding hydrogens is 435 g/mol. The monoisotopic (exact) mass is 448 g/mol. The Morgan fingerprint density at radius 1 is 1.10 bits per heavy atom. The van der Waals surface area contributed by atoms with E-state index in [-0.39, 0.29) is 22.2 Å². The summed E-state index contributed by atoms with van der Waals surface area (Å²) in [6.45, 7) is 0. The molecule has 0 aliphatic rings. The average molecular weight is 449 g/mol. The van der Waals surface area contributed by atoms with Gasteiger partial charge in [0.15, 0.2) is 0 Å². The second-order valence-corrected chi connectivity index (χ2v) is 7.63. The summed E-state index contributed by atoms with van der Waals surface area (Å²) in [5.41, 5.74) is 2.97. The largest absolute Gasteiger partial charge is 0.478 e. The third-order valence-corrected chi connectivity index (χ3v) is 5.27. The number of hydrogen-bond donors (Lipinski definition) is 2. The second-order valence-electron chi connectivity index (χ2n) is 5.74. The molecule has 0 saturated carbocycles. The molecule has 29 heavy (non-hydrogen) atoms. The maximum Gasteiger partial charge on any atom is 0.337 e. The Labute approximate surface area is 180 Å². The van der Waals surface area contributed by atoms with Crippen molar-refractivity contribution in [1.82, 2.24) is 5.43 Å². The predicted octanol–water partition coefficient (Wildman–Crippen LogP) is 5.19. The van der Waals surface area contributed by atoms with Gasteiger partial charge in [0.1, 0.15) is 11.5 Å². The molecule has 1 aromatic heterocycles. The van der Waals surface area contributed by atoms with Gasteiger partial charge in [-0.15, -0.1) is 11.8 Å². The fourth-order valence-corrected chi connectivity index (χ4v) is 3.31. The molecule has 0 unspecified atom stereocenters. The van der Waals surface area contributed by atoms with E-state index in [9.17, 15) is 9.59 Å². The summed E-state index contributed by atoms with van der Waals surface area (Å²) in [6.07, 6.45) is 1.36. The van der Waals surface area contributed by atoms with Gasteiger partial charge in [-0.05, 0) is 54.6 Å². The summed E-state index contributed by atoms with van der Waals surface area (Å²) in [7, 11) is 0. The minimum atomic E-state index is -1.12. The van der Waals surface area contributed by atoms with Crippen LogP contribution >= 0.6 is 35.0 Å². The highest BCUT2D eigenvalue weighted by atomic mass is 35.5. The van der Waals surface area contributed by atoms with Crippen molar-refractivity contribution in [1.29, 1.82) is 0 Å². The lowest BCUT2D eigenvalue weighted by Crippen LogP contribution is -2.19. The van der Waals surface area contributed by atoms with E-state index in [1.54, 1.807) is 30.3 Å². The zero-order valence-corrected chi connectivity index (χ0v) is 17.1. The second kappa shape index (κ2) is 9.65. The van der Waals surface area contributed by atoms with Gasteiger partial charge in [-0.2, -0.15) is 5.10 Å². The number of thioether (sulfide) groups is 1. The summed E-state index contributed by atoms with van der Waals surface area (Å²) in [5.74, 6) is -0.334. The summed E-state index contributed by atoms with van der Waals surface area (Å²) in [6, 6.07) is 15.1. The van der Waals surface area contributed by atoms with Crippen molar-refractivity contribution in [2.45, 2.75) is 4.90 Å². The molecule has 1 heterocycles. The highest BCUT2D eigenvalue weighted by Crippen LogP contribution is 2.26. The van der Waals surface area contributed by atoms with Gasteiger partial charge in [-0.3, -0.25) is 4.79 Å². The van der Waals surface area contributed by atoms with E-state index < -0.39 is 5.97 Å². The fourth-order valence-electron chi connectivity index (χ4n) is 2.30. The van der Waals surface area contributed by atoms with E-state index in [2.05, 4.69) is 10.5 Å². The van der Waals surface area contributed by atoms with Crippen molar-refractivity contribution >= 4 is 53.1 Å². The quantitative estimate of drug-likeness (QED) is 0.294. The van der Waals surface area contributed by atoms with Gasteiger partial charge >= 0.3 is 5.97 Å². The number of nitrogens with zero attached hydrogens (tertiary/aromatic N) is 1. The van der Waals surface area contributed by atoms with Crippen molar-refractivity contribution in [3.05, 3.63) is 76.0 Å². The Morgan fingerprint density at radius 2 is 1.86 bits per heavy atom. The standard InChI is InChI=1S/C20H14Cl2N2O4S/c21-13-2-5-15(6-3-13)29-11-19(25)24-23-10-14-4-8-18(28-14)12-1-7-17(22)16(9-12)20(26)27/h1-10H,11H2,(H,24,25)(H,26,27)/b23-10+. The Kier molecular flexibility index (Phi) is 6.98. The number of furan rings is 1. The number of nitrogens with one attached hydrogen (secondary N) is 1. The normalized spacial score (nSPS) is 11.0. The van der Waals surface area contributed by atoms with E-state index in [1.165, 1.54) is 30.1 Å². The van der Waals surface area contributed by atoms with Crippen LogP contribution in [0.3, 0.4) is 0 Å². The van der Waals surface area contributed by atoms with Gasteiger partial charge in [0, 0.05) is 15.5 Å². The smallest absolute Gasteiger partial charge is 0.337 e. The van der Waals surface area contributed by atoms with Crippen LogP contribution in [0.1, 0.15) is 16.1 Å². The molecule has 2 N–H and O–H groups in total. The number of aromatic carboxylic acids is 1. The van der Waals surface area contributed by atoms with Crippen molar-refractivity contribution in [3.63, 3.8) is 0 Å². The summed E-state index contributed by atoms with van der Waals surface area (Å²) in [5, 5.41) is 13.8. The zero-order valence-electron chi connectivity index (χ0n) is 14.8. The van der Waals surface area contributed by atoms with Gasteiger partial charge in [0.2, 0.25) is 5.91 Å². The number of carboxylic acids is 1. The molecule has 0 aliphatic heterocycles. The van der Waals surface area contributed by atoms with Crippen LogP contribution in [0.2, 0.25) is 10.0 Å². The minimum absolute atomic E-state index is 0.0127. The molecule has 6 nitrogen and oxygen atoms in total. The highest BCUT2D eigenvalue weighted by molar-refractivity contribution is 8.00. The number of carboxylic acid groups (broad SMARTS) is 1. The molecular formula is C20H14Cl2N2O4S. The van der Waals surface area contributed by atoms with Crippen LogP contribution in [0.15, 0.2) is 69.0 Å². The number of rotatable bonds is 7. The van der Waals surface area contributed by atoms with Gasteiger partial charge in [0.05, 0.1) is 22.6 Å². The van der Waals surface area contributed by atoms with Crippen LogP contribution in [-0.2, 0) is 4.79 Å². The third kappa shape index (κ3) is 5.87. The number of amides is 1. The molecule has 3 rings (SSSR count). The first kappa shape index (κ1) is 21.0. The lowest BCUT2D eigenvalue weighted by Gasteiger charge is -2.02. The predicted molar refractivity (Wildman–Crippen MR) is 114 cm³/mol. The molecule has 0 radical (unpaired) electrons. The lowest BCUT2D eigenvalue weighted by atomic mass is 10.1. The summed E-state index contributed by atoms with van der Waals surface area (Å²) >= 11 is 13.1. The van der Waals surface area contributed by atoms with Crippen LogP contribution in [-0.4, -0.2) is 29.0 Å². The van der Waals surface area contributed by atoms with Gasteiger partial charge in [-0.1, -0.05) is 23.2 Å². The minimum Gasteiger partial charge on any atom is -0.478 e. The highest BCUT2D eigenvalue weighted by Gasteiger charge is 2.12. The maximum absolute atomic E-state index is 11.9. The average Bonchev–Trinajstić information content (AvgIpc) is 3.16. The molecule has 0 spiro atoms. The zero-order chi connectivity index (χ0) is 20.8. The van der Waals surface area contributed by atoms with Crippen LogP contribution in [0.25, 0.3) is 11.3 Å². The van der Waals surface area contributed by atoms with Crippen molar-refractivity contribution < 1.29 is 19.1 Å². The number of halogens is 2. The van der Waals surface area contributed by atoms with Crippen molar-refractivity contribution in [2.75, 3.05) is 5.75 Å². The molecule has 0 aliphatic carbocycles. The van der Waals surface area contributed by atoms with Crippen molar-refractivity contribution in [3.8, 4) is 11.3 Å². The topological polar surface area (TPSA) is 91.9 Å². The van der Waals surface area contributed by atoms with Gasteiger partial charge in [-0.25, -0.2) is 10.2 Å². The van der Waals surface area contributed by atoms with Crippen molar-refractivity contribution in [2.24, 2.45) is 5.10 Å². The summed E-state index contributed by atoms with van der Waals surface area (Å²) in [4.78, 5) is 24.0. The van der Waals surface area contributed by atoms with E-state index in [1.807, 2.05) is 12.1 Å². The molecule has 9 heteroatoms. The van der Waals surface area contributed by atoms with Crippen LogP contribution in [0, 0.1) is 0 Å². The molecule has 0 bridgehead atoms. The SMILES string of the molecule is O=C(CSc1ccc(Cl)cc1)N/N=C/c1ccc(-c2ccc(Cl)c(C(=O)O)c2)o1. The lowest BCUT2D eigenvalue weighted by molar-refractivity contribution is -0.118. The first-order valence-electron chi connectivity index (χ1n) is 8.25. The Balaban J connectivity index is 1.56. The molecule has 1 amide bonds. The van der Waals surface area contributed by atoms with Crippen LogP contribution in [0.5, 0.6) is 0 Å². The maximum atomic E-state index is 11.9. The number of hydrogen-bond acceptors (Lipinski definition) is 5. The Hall–Kier alpha value is -2.74. The first-order valence-corrected chi connectivity index (χ1v) is 10.00. The number of benzene rings is 2. The fraction of sp³-hybridized carbons (Fsp3) is 0.0500. The van der Waals surface area contributed by atoms with Crippen LogP contribution < -0.4 is 5.43 Å². The number of carbonyl (C=O) groups excluding carboxylic acids is 1. The van der Waals surface area contributed by atoms with E-state index >= 15 is 0 Å². The van der Waals surface area contributed by atoms with Gasteiger partial charge in [0.25, 0.3) is 0 Å². The third-order valence-electron chi connectivity index (χ3n) is 3.67. The number of carbonyl (C=O) groups is 2. The molecule has 0 atom stereocenters. The van der Waals surface area contributed by atoms with E-state index in [0.29, 0.717) is 22.1 Å². The van der Waals surface area contributed by atoms with E-state index in [4.69, 9.17) is 32.7 Å². The molecule has 0 saturated heterocycles. The van der Waals surface area contributed by atoms with E-state index in [0.717, 1.165) is 4.90 Å². The first-order chi connectivity index (χ1) is 13.9. The molecule has 2 aromatic carbocycles. The Bertz CT molecular complexity index is 1060. The molecule has 148 valence electrons. The van der Waals surface area contributed by atoms with Gasteiger partial charge < -0.3 is 9.52 Å². The molecule has 0 fully saturated rings. The van der Waals surface area contributed by atoms with Crippen LogP contribution in [0.4, 0.5) is 0 Å². The Morgan fingerprint density at radius 3 is 2.59 bits per heavy atom. The number of hydrazone groups is 1. The molecule has 3 aromatic rings.